The lowest BCUT2D eigenvalue weighted by Crippen LogP contribution is -2.30. The lowest BCUT2D eigenvalue weighted by Gasteiger charge is -2.18. The van der Waals surface area contributed by atoms with Crippen molar-refractivity contribution in [3.63, 3.8) is 0 Å². The maximum Gasteiger partial charge on any atom is 0.306 e. The third-order valence-corrected chi connectivity index (χ3v) is 15.8. The quantitative estimate of drug-likeness (QED) is 0.0261. The fourth-order valence-corrected chi connectivity index (χ4v) is 10.5. The van der Waals surface area contributed by atoms with E-state index in [0.717, 1.165) is 109 Å². The molecule has 0 aromatic heterocycles. The monoisotopic (exact) mass is 1120 g/mol. The summed E-state index contributed by atoms with van der Waals surface area (Å²) in [6.07, 6.45) is 88.7. The molecule has 0 saturated carbocycles. The van der Waals surface area contributed by atoms with Gasteiger partial charge in [-0.15, -0.1) is 0 Å². The Labute approximate surface area is 498 Å². The topological polar surface area (TPSA) is 78.9 Å². The molecule has 0 aromatic carbocycles. The van der Waals surface area contributed by atoms with Gasteiger partial charge in [0, 0.05) is 19.3 Å². The molecular formula is C74H134O6. The van der Waals surface area contributed by atoms with Crippen LogP contribution in [0.1, 0.15) is 374 Å². The molecule has 1 unspecified atom stereocenters. The van der Waals surface area contributed by atoms with Crippen LogP contribution in [-0.4, -0.2) is 37.2 Å². The smallest absolute Gasteiger partial charge is 0.306 e. The van der Waals surface area contributed by atoms with Crippen LogP contribution in [0.3, 0.4) is 0 Å². The normalized spacial score (nSPS) is 12.4. The minimum Gasteiger partial charge on any atom is -0.462 e. The molecule has 6 nitrogen and oxygen atoms in total. The van der Waals surface area contributed by atoms with Crippen LogP contribution in [0, 0.1) is 0 Å². The predicted octanol–water partition coefficient (Wildman–Crippen LogP) is 24.3. The summed E-state index contributed by atoms with van der Waals surface area (Å²) in [6, 6.07) is 0. The molecule has 0 saturated heterocycles. The summed E-state index contributed by atoms with van der Waals surface area (Å²) >= 11 is 0. The number of ether oxygens (including phenoxy) is 3. The maximum atomic E-state index is 12.9. The van der Waals surface area contributed by atoms with Crippen molar-refractivity contribution < 1.29 is 28.6 Å². The highest BCUT2D eigenvalue weighted by molar-refractivity contribution is 5.71. The summed E-state index contributed by atoms with van der Waals surface area (Å²) in [6.45, 7) is 6.52. The number of rotatable bonds is 65. The van der Waals surface area contributed by atoms with E-state index in [1.165, 1.54) is 225 Å². The van der Waals surface area contributed by atoms with Crippen LogP contribution in [0.2, 0.25) is 0 Å². The van der Waals surface area contributed by atoms with Crippen molar-refractivity contribution in [2.45, 2.75) is 380 Å². The Morgan fingerprint density at radius 3 is 0.762 bits per heavy atom. The minimum absolute atomic E-state index is 0.0786. The van der Waals surface area contributed by atoms with E-state index in [1.807, 2.05) is 0 Å². The van der Waals surface area contributed by atoms with Gasteiger partial charge in [-0.1, -0.05) is 351 Å². The summed E-state index contributed by atoms with van der Waals surface area (Å²) in [5.41, 5.74) is 0. The van der Waals surface area contributed by atoms with Gasteiger partial charge in [0.2, 0.25) is 0 Å². The van der Waals surface area contributed by atoms with Gasteiger partial charge >= 0.3 is 17.9 Å². The Balaban J connectivity index is 3.99. The van der Waals surface area contributed by atoms with E-state index < -0.39 is 6.10 Å². The number of hydrogen-bond acceptors (Lipinski definition) is 6. The molecule has 80 heavy (non-hydrogen) atoms. The molecule has 0 aliphatic heterocycles. The van der Waals surface area contributed by atoms with Crippen LogP contribution in [0.15, 0.2) is 60.8 Å². The van der Waals surface area contributed by atoms with Crippen LogP contribution in [-0.2, 0) is 28.6 Å². The molecule has 6 heteroatoms. The number of carbonyl (C=O) groups excluding carboxylic acids is 3. The summed E-state index contributed by atoms with van der Waals surface area (Å²) < 4.78 is 16.9. The van der Waals surface area contributed by atoms with Crippen molar-refractivity contribution in [3.05, 3.63) is 60.8 Å². The van der Waals surface area contributed by atoms with Crippen molar-refractivity contribution in [2.75, 3.05) is 13.2 Å². The van der Waals surface area contributed by atoms with Gasteiger partial charge in [0.05, 0.1) is 0 Å². The highest BCUT2D eigenvalue weighted by Crippen LogP contribution is 2.19. The van der Waals surface area contributed by atoms with Crippen LogP contribution in [0.5, 0.6) is 0 Å². The zero-order valence-electron chi connectivity index (χ0n) is 53.6. The Morgan fingerprint density at radius 1 is 0.263 bits per heavy atom. The first-order valence-electron chi connectivity index (χ1n) is 35.3. The molecule has 0 aliphatic carbocycles. The van der Waals surface area contributed by atoms with Gasteiger partial charge in [0.15, 0.2) is 6.10 Å². The van der Waals surface area contributed by atoms with Gasteiger partial charge in [-0.2, -0.15) is 0 Å². The minimum atomic E-state index is -0.782. The SMILES string of the molecule is CC/C=C\C/C=C\C/C=C\C/C=C\C/C=C\CCCCCCCC(=O)OC(COC(=O)CCCCCCCCC)COC(=O)CCCCCCCCCCCCCCCCCCCCCCCCCCCCCCCCCCCC. The summed E-state index contributed by atoms with van der Waals surface area (Å²) in [5, 5.41) is 0. The molecule has 0 radical (unpaired) electrons. The molecular weight excluding hydrogens is 985 g/mol. The molecule has 0 fully saturated rings. The molecule has 1 atom stereocenters. The third-order valence-electron chi connectivity index (χ3n) is 15.8. The van der Waals surface area contributed by atoms with Crippen molar-refractivity contribution >= 4 is 17.9 Å². The Hall–Kier alpha value is -2.89. The lowest BCUT2D eigenvalue weighted by molar-refractivity contribution is -0.167. The summed E-state index contributed by atoms with van der Waals surface area (Å²) in [4.78, 5) is 38.1. The van der Waals surface area contributed by atoms with Crippen molar-refractivity contribution in [3.8, 4) is 0 Å². The zero-order chi connectivity index (χ0) is 57.8. The van der Waals surface area contributed by atoms with Gasteiger partial charge < -0.3 is 14.2 Å². The highest BCUT2D eigenvalue weighted by atomic mass is 16.6. The van der Waals surface area contributed by atoms with E-state index in [4.69, 9.17) is 14.2 Å². The van der Waals surface area contributed by atoms with E-state index in [1.54, 1.807) is 0 Å². The molecule has 0 spiro atoms. The van der Waals surface area contributed by atoms with Gasteiger partial charge in [-0.05, 0) is 64.2 Å². The molecule has 0 amide bonds. The number of unbranched alkanes of at least 4 members (excludes halogenated alkanes) is 44. The van der Waals surface area contributed by atoms with E-state index in [2.05, 4.69) is 81.5 Å². The second-order valence-electron chi connectivity index (χ2n) is 23.8. The summed E-state index contributed by atoms with van der Waals surface area (Å²) in [7, 11) is 0. The zero-order valence-corrected chi connectivity index (χ0v) is 53.6. The molecule has 0 heterocycles. The number of esters is 3. The van der Waals surface area contributed by atoms with Crippen molar-refractivity contribution in [2.24, 2.45) is 0 Å². The van der Waals surface area contributed by atoms with Crippen LogP contribution in [0.25, 0.3) is 0 Å². The Kier molecular flexibility index (Phi) is 66.1. The molecule has 466 valence electrons. The molecule has 0 rings (SSSR count). The average molecular weight is 1120 g/mol. The van der Waals surface area contributed by atoms with Gasteiger partial charge in [-0.3, -0.25) is 14.4 Å². The fraction of sp³-hybridized carbons (Fsp3) is 0.824. The molecule has 0 aromatic rings. The van der Waals surface area contributed by atoms with Gasteiger partial charge in [0.25, 0.3) is 0 Å². The number of allylic oxidation sites excluding steroid dienone is 10. The second kappa shape index (κ2) is 68.6. The van der Waals surface area contributed by atoms with Gasteiger partial charge in [0.1, 0.15) is 13.2 Å². The van der Waals surface area contributed by atoms with Crippen LogP contribution < -0.4 is 0 Å². The van der Waals surface area contributed by atoms with E-state index in [9.17, 15) is 14.4 Å². The second-order valence-corrected chi connectivity index (χ2v) is 23.8. The predicted molar refractivity (Wildman–Crippen MR) is 348 cm³/mol. The highest BCUT2D eigenvalue weighted by Gasteiger charge is 2.19. The van der Waals surface area contributed by atoms with Crippen LogP contribution in [0.4, 0.5) is 0 Å². The Bertz CT molecular complexity index is 1430. The molecule has 0 N–H and O–H groups in total. The van der Waals surface area contributed by atoms with E-state index >= 15 is 0 Å². The Morgan fingerprint density at radius 2 is 0.487 bits per heavy atom. The molecule has 0 bridgehead atoms. The number of hydrogen-bond donors (Lipinski definition) is 0. The van der Waals surface area contributed by atoms with Gasteiger partial charge in [-0.25, -0.2) is 0 Å². The van der Waals surface area contributed by atoms with E-state index in [0.29, 0.717) is 19.3 Å². The maximum absolute atomic E-state index is 12.9. The number of carbonyl (C=O) groups is 3. The first-order valence-corrected chi connectivity index (χ1v) is 35.3. The summed E-state index contributed by atoms with van der Waals surface area (Å²) in [5.74, 6) is -0.886. The van der Waals surface area contributed by atoms with Crippen molar-refractivity contribution in [1.29, 1.82) is 0 Å². The average Bonchev–Trinajstić information content (AvgIpc) is 3.46. The first kappa shape index (κ1) is 77.1. The molecule has 0 aliphatic rings. The standard InChI is InChI=1S/C74H134O6/c1-4-7-10-13-16-18-20-22-24-26-28-30-31-32-33-34-35-36-37-38-39-40-41-42-44-45-47-49-51-53-55-58-61-64-67-73(76)79-70-71(69-78-72(75)66-63-60-57-15-12-9-6-3)80-74(77)68-65-62-59-56-54-52-50-48-46-43-29-27-25-23-21-19-17-14-11-8-5-2/h8,11,17,19,23,25,29,43,48,50,71H,4-7,9-10,12-16,18,20-22,24,26-28,30-42,44-47,49,51-70H2,1-3H3/b11-8-,19-17-,25-23-,43-29-,50-48-. The van der Waals surface area contributed by atoms with E-state index in [-0.39, 0.29) is 31.1 Å². The fourth-order valence-electron chi connectivity index (χ4n) is 10.5. The lowest BCUT2D eigenvalue weighted by atomic mass is 10.0. The first-order chi connectivity index (χ1) is 39.5. The largest absolute Gasteiger partial charge is 0.462 e. The van der Waals surface area contributed by atoms with Crippen LogP contribution >= 0.6 is 0 Å². The third kappa shape index (κ3) is 65.9. The van der Waals surface area contributed by atoms with Crippen molar-refractivity contribution in [1.82, 2.24) is 0 Å².